The molecule has 2 saturated heterocycles. The minimum absolute atomic E-state index is 0.00473. The number of carbonyl (C=O) groups excluding carboxylic acids is 2. The van der Waals surface area contributed by atoms with E-state index >= 15 is 0 Å². The van der Waals surface area contributed by atoms with Crippen molar-refractivity contribution >= 4 is 17.6 Å². The van der Waals surface area contributed by atoms with Gasteiger partial charge in [-0.1, -0.05) is 0 Å². The molecule has 0 N–H and O–H groups in total. The summed E-state index contributed by atoms with van der Waals surface area (Å²) in [5, 5.41) is 10.5. The van der Waals surface area contributed by atoms with Gasteiger partial charge in [0.1, 0.15) is 12.6 Å². The first kappa shape index (κ1) is 13.5. The van der Waals surface area contributed by atoms with Crippen LogP contribution in [0.15, 0.2) is 24.3 Å². The lowest BCUT2D eigenvalue weighted by Gasteiger charge is -2.37. The molecule has 1 aromatic carbocycles. The number of fused-ring (bicyclic) bond motifs is 1. The summed E-state index contributed by atoms with van der Waals surface area (Å²) in [6.07, 6.45) is 2.03. The van der Waals surface area contributed by atoms with Crippen LogP contribution in [0.2, 0.25) is 0 Å². The van der Waals surface area contributed by atoms with Crippen LogP contribution in [-0.4, -0.2) is 33.8 Å². The maximum absolute atomic E-state index is 12.0. The van der Waals surface area contributed by atoms with E-state index in [0.29, 0.717) is 18.4 Å². The third-order valence-electron chi connectivity index (χ3n) is 4.00. The molecule has 2 heterocycles. The first-order valence-electron chi connectivity index (χ1n) is 6.77. The molecule has 1 amide bonds. The fourth-order valence-electron chi connectivity index (χ4n) is 2.85. The Labute approximate surface area is 120 Å². The van der Waals surface area contributed by atoms with E-state index in [1.807, 2.05) is 0 Å². The molecule has 0 bridgehead atoms. The molecule has 3 rings (SSSR count). The van der Waals surface area contributed by atoms with Crippen molar-refractivity contribution in [2.75, 3.05) is 0 Å². The molecule has 2 aliphatic heterocycles. The van der Waals surface area contributed by atoms with Crippen molar-refractivity contribution in [3.8, 4) is 0 Å². The topological polar surface area (TPSA) is 89.7 Å². The van der Waals surface area contributed by atoms with E-state index in [2.05, 4.69) is 0 Å². The second kappa shape index (κ2) is 5.16. The van der Waals surface area contributed by atoms with Gasteiger partial charge in [0, 0.05) is 24.6 Å². The number of hydrogen-bond donors (Lipinski definition) is 0. The highest BCUT2D eigenvalue weighted by Gasteiger charge is 2.48. The number of nitro groups is 1. The third kappa shape index (κ3) is 2.46. The van der Waals surface area contributed by atoms with E-state index < -0.39 is 16.9 Å². The molecule has 0 aliphatic carbocycles. The molecule has 1 aromatic rings. The summed E-state index contributed by atoms with van der Waals surface area (Å²) in [5.74, 6) is -0.390. The standard InChI is InChI=1S/C14H14N2O5/c17-13-7-11-5-6-12(15(11)13)14(18)21-8-9-1-3-10(4-2-9)16(19)20/h1-4,11-12H,5-8H2/t11-,12+/m1/s1. The third-order valence-corrected chi connectivity index (χ3v) is 4.00. The lowest BCUT2D eigenvalue weighted by atomic mass is 10.0. The van der Waals surface area contributed by atoms with Crippen LogP contribution in [0.1, 0.15) is 24.8 Å². The van der Waals surface area contributed by atoms with E-state index in [4.69, 9.17) is 4.74 Å². The lowest BCUT2D eigenvalue weighted by Crippen LogP contribution is -2.54. The molecular weight excluding hydrogens is 276 g/mol. The van der Waals surface area contributed by atoms with E-state index in [9.17, 15) is 19.7 Å². The van der Waals surface area contributed by atoms with Gasteiger partial charge in [0.05, 0.1) is 4.92 Å². The summed E-state index contributed by atoms with van der Waals surface area (Å²) in [4.78, 5) is 35.1. The predicted octanol–water partition coefficient (Wildman–Crippen LogP) is 1.40. The number of carbonyl (C=O) groups is 2. The van der Waals surface area contributed by atoms with Crippen LogP contribution < -0.4 is 0 Å². The predicted molar refractivity (Wildman–Crippen MR) is 71.2 cm³/mol. The molecule has 0 unspecified atom stereocenters. The summed E-state index contributed by atoms with van der Waals surface area (Å²) < 4.78 is 5.21. The zero-order valence-electron chi connectivity index (χ0n) is 11.2. The van der Waals surface area contributed by atoms with E-state index in [0.717, 1.165) is 6.42 Å². The van der Waals surface area contributed by atoms with Crippen molar-refractivity contribution in [1.82, 2.24) is 4.90 Å². The number of nitro benzene ring substituents is 1. The number of esters is 1. The first-order chi connectivity index (χ1) is 10.1. The van der Waals surface area contributed by atoms with Crippen molar-refractivity contribution in [3.63, 3.8) is 0 Å². The van der Waals surface area contributed by atoms with Crippen LogP contribution in [-0.2, 0) is 20.9 Å². The Morgan fingerprint density at radius 2 is 2.05 bits per heavy atom. The van der Waals surface area contributed by atoms with Crippen molar-refractivity contribution in [2.45, 2.75) is 38.0 Å². The van der Waals surface area contributed by atoms with E-state index in [1.165, 1.54) is 12.1 Å². The first-order valence-corrected chi connectivity index (χ1v) is 6.77. The van der Waals surface area contributed by atoms with Gasteiger partial charge in [-0.15, -0.1) is 0 Å². The summed E-state index contributed by atoms with van der Waals surface area (Å²) in [6, 6.07) is 5.58. The second-order valence-corrected chi connectivity index (χ2v) is 5.28. The molecule has 2 fully saturated rings. The van der Waals surface area contributed by atoms with Crippen LogP contribution in [0.4, 0.5) is 5.69 Å². The number of rotatable bonds is 4. The fourth-order valence-corrected chi connectivity index (χ4v) is 2.85. The zero-order valence-corrected chi connectivity index (χ0v) is 11.2. The van der Waals surface area contributed by atoms with E-state index in [-0.39, 0.29) is 24.2 Å². The molecule has 0 aromatic heterocycles. The maximum Gasteiger partial charge on any atom is 0.329 e. The average Bonchev–Trinajstić information content (AvgIpc) is 2.82. The molecule has 2 atom stereocenters. The van der Waals surface area contributed by atoms with Gasteiger partial charge in [0.15, 0.2) is 0 Å². The minimum atomic E-state index is -0.482. The highest BCUT2D eigenvalue weighted by Crippen LogP contribution is 2.35. The minimum Gasteiger partial charge on any atom is -0.459 e. The molecule has 21 heavy (non-hydrogen) atoms. The van der Waals surface area contributed by atoms with Crippen molar-refractivity contribution in [2.24, 2.45) is 0 Å². The van der Waals surface area contributed by atoms with Gasteiger partial charge in [0.25, 0.3) is 5.69 Å². The van der Waals surface area contributed by atoms with Gasteiger partial charge in [-0.05, 0) is 30.5 Å². The van der Waals surface area contributed by atoms with Gasteiger partial charge in [0.2, 0.25) is 5.91 Å². The number of hydrogen-bond acceptors (Lipinski definition) is 5. The second-order valence-electron chi connectivity index (χ2n) is 5.28. The Morgan fingerprint density at radius 1 is 1.33 bits per heavy atom. The van der Waals surface area contributed by atoms with Crippen LogP contribution in [0.3, 0.4) is 0 Å². The summed E-state index contributed by atoms with van der Waals surface area (Å²) >= 11 is 0. The molecule has 0 spiro atoms. The Bertz CT molecular complexity index is 598. The van der Waals surface area contributed by atoms with Crippen molar-refractivity contribution < 1.29 is 19.2 Å². The summed E-state index contributed by atoms with van der Waals surface area (Å²) in [5.41, 5.74) is 0.674. The van der Waals surface area contributed by atoms with Gasteiger partial charge in [-0.2, -0.15) is 0 Å². The van der Waals surface area contributed by atoms with Crippen molar-refractivity contribution in [3.05, 3.63) is 39.9 Å². The molecule has 7 nitrogen and oxygen atoms in total. The van der Waals surface area contributed by atoms with Gasteiger partial charge in [-0.25, -0.2) is 4.79 Å². The Balaban J connectivity index is 1.56. The number of benzene rings is 1. The van der Waals surface area contributed by atoms with Crippen LogP contribution in [0.25, 0.3) is 0 Å². The number of non-ortho nitro benzene ring substituents is 1. The largest absolute Gasteiger partial charge is 0.459 e. The monoisotopic (exact) mass is 290 g/mol. The van der Waals surface area contributed by atoms with Crippen LogP contribution >= 0.6 is 0 Å². The van der Waals surface area contributed by atoms with Crippen LogP contribution in [0, 0.1) is 10.1 Å². The number of β-lactam (4-membered cyclic amide) rings is 1. The van der Waals surface area contributed by atoms with E-state index in [1.54, 1.807) is 17.0 Å². The molecule has 0 radical (unpaired) electrons. The number of ether oxygens (including phenoxy) is 1. The summed E-state index contributed by atoms with van der Waals surface area (Å²) in [7, 11) is 0. The quantitative estimate of drug-likeness (QED) is 0.362. The maximum atomic E-state index is 12.0. The lowest BCUT2D eigenvalue weighted by molar-refractivity contribution is -0.384. The molecule has 0 saturated carbocycles. The van der Waals surface area contributed by atoms with Gasteiger partial charge in [-0.3, -0.25) is 14.9 Å². The average molecular weight is 290 g/mol. The smallest absolute Gasteiger partial charge is 0.329 e. The summed E-state index contributed by atoms with van der Waals surface area (Å²) in [6.45, 7) is 0.0556. The van der Waals surface area contributed by atoms with Gasteiger partial charge >= 0.3 is 5.97 Å². The number of nitrogens with zero attached hydrogens (tertiary/aromatic N) is 2. The highest BCUT2D eigenvalue weighted by atomic mass is 16.6. The van der Waals surface area contributed by atoms with Crippen LogP contribution in [0.5, 0.6) is 0 Å². The zero-order chi connectivity index (χ0) is 15.0. The normalized spacial score (nSPS) is 23.4. The molecule has 2 aliphatic rings. The Hall–Kier alpha value is -2.44. The van der Waals surface area contributed by atoms with Gasteiger partial charge < -0.3 is 9.64 Å². The number of amides is 1. The molecular formula is C14H14N2O5. The van der Waals surface area contributed by atoms with Crippen molar-refractivity contribution in [1.29, 1.82) is 0 Å². The Kier molecular flexibility index (Phi) is 3.32. The molecule has 110 valence electrons. The molecule has 7 heteroatoms. The fraction of sp³-hybridized carbons (Fsp3) is 0.429. The SMILES string of the molecule is O=C(OCc1ccc([N+](=O)[O-])cc1)[C@@H]1CC[C@@H]2CC(=O)N21. The highest BCUT2D eigenvalue weighted by molar-refractivity contribution is 5.90. The Morgan fingerprint density at radius 3 is 2.67 bits per heavy atom.